The predicted octanol–water partition coefficient (Wildman–Crippen LogP) is 4.68. The molecule has 0 aromatic rings. The van der Waals surface area contributed by atoms with E-state index in [0.717, 1.165) is 38.5 Å². The van der Waals surface area contributed by atoms with E-state index in [1.165, 1.54) is 0 Å². The Balaban J connectivity index is 1.71. The molecule has 2 rings (SSSR count). The van der Waals surface area contributed by atoms with E-state index in [4.69, 9.17) is 18.9 Å². The standard InChI is InChI=1S/C23H40O5/c1-16-10-11-18(27-20(16)14-15-26-22(24)23(3,4)5)8-7-9-19-12-13-21(28-19)17(2)25-6/h7-8,16-21H,9-15H2,1-6H3/b8-7+/t16-,17+,18-,19+,20+,21-/m0/s1. The van der Waals surface area contributed by atoms with Crippen LogP contribution in [0.15, 0.2) is 12.2 Å². The van der Waals surface area contributed by atoms with Crippen molar-refractivity contribution in [1.82, 2.24) is 0 Å². The number of carbonyl (C=O) groups is 1. The maximum absolute atomic E-state index is 11.9. The third-order valence-corrected chi connectivity index (χ3v) is 5.92. The molecular weight excluding hydrogens is 356 g/mol. The summed E-state index contributed by atoms with van der Waals surface area (Å²) in [7, 11) is 1.74. The maximum atomic E-state index is 11.9. The molecule has 5 heteroatoms. The average molecular weight is 397 g/mol. The highest BCUT2D eigenvalue weighted by molar-refractivity contribution is 5.75. The van der Waals surface area contributed by atoms with Gasteiger partial charge in [-0.2, -0.15) is 0 Å². The van der Waals surface area contributed by atoms with Crippen molar-refractivity contribution in [2.45, 2.75) is 104 Å². The normalized spacial score (nSPS) is 32.6. The highest BCUT2D eigenvalue weighted by atomic mass is 16.5. The summed E-state index contributed by atoms with van der Waals surface area (Å²) >= 11 is 0. The SMILES string of the molecule is CO[C@H](C)[C@@H]1CC[C@@H](C/C=C/[C@H]2CC[C@H](C)[C@@H](CCOC(=O)C(C)(C)C)O2)O1. The van der Waals surface area contributed by atoms with Gasteiger partial charge in [0.15, 0.2) is 0 Å². The highest BCUT2D eigenvalue weighted by Gasteiger charge is 2.30. The van der Waals surface area contributed by atoms with Crippen LogP contribution in [0.1, 0.15) is 73.1 Å². The Morgan fingerprint density at radius 1 is 1.18 bits per heavy atom. The molecule has 0 radical (unpaired) electrons. The fourth-order valence-electron chi connectivity index (χ4n) is 3.80. The summed E-state index contributed by atoms with van der Waals surface area (Å²) in [6.07, 6.45) is 11.4. The van der Waals surface area contributed by atoms with Crippen LogP contribution in [0.5, 0.6) is 0 Å². The fourth-order valence-corrected chi connectivity index (χ4v) is 3.80. The van der Waals surface area contributed by atoms with E-state index in [0.29, 0.717) is 12.5 Å². The second kappa shape index (κ2) is 10.7. The van der Waals surface area contributed by atoms with Gasteiger partial charge in [-0.3, -0.25) is 4.79 Å². The van der Waals surface area contributed by atoms with Crippen molar-refractivity contribution >= 4 is 5.97 Å². The van der Waals surface area contributed by atoms with E-state index < -0.39 is 5.41 Å². The molecule has 0 saturated carbocycles. The van der Waals surface area contributed by atoms with E-state index in [1.807, 2.05) is 20.8 Å². The van der Waals surface area contributed by atoms with E-state index in [1.54, 1.807) is 7.11 Å². The van der Waals surface area contributed by atoms with Crippen LogP contribution in [0, 0.1) is 11.3 Å². The molecule has 2 aliphatic rings. The van der Waals surface area contributed by atoms with Crippen LogP contribution < -0.4 is 0 Å². The Labute approximate surface area is 171 Å². The third-order valence-electron chi connectivity index (χ3n) is 5.92. The molecule has 2 heterocycles. The molecule has 0 unspecified atom stereocenters. The number of ether oxygens (including phenoxy) is 4. The molecule has 28 heavy (non-hydrogen) atoms. The average Bonchev–Trinajstić information content (AvgIpc) is 3.11. The first-order chi connectivity index (χ1) is 13.2. The van der Waals surface area contributed by atoms with Gasteiger partial charge in [0, 0.05) is 13.5 Å². The minimum absolute atomic E-state index is 0.144. The Bertz CT molecular complexity index is 510. The smallest absolute Gasteiger partial charge is 0.311 e. The van der Waals surface area contributed by atoms with Crippen LogP contribution in [0.4, 0.5) is 0 Å². The first-order valence-corrected chi connectivity index (χ1v) is 10.9. The molecule has 2 fully saturated rings. The highest BCUT2D eigenvalue weighted by Crippen LogP contribution is 2.29. The number of rotatable bonds is 8. The monoisotopic (exact) mass is 396 g/mol. The molecule has 2 aliphatic heterocycles. The summed E-state index contributed by atoms with van der Waals surface area (Å²) in [5.41, 5.74) is -0.452. The lowest BCUT2D eigenvalue weighted by molar-refractivity contribution is -0.154. The van der Waals surface area contributed by atoms with Crippen LogP contribution in [0.3, 0.4) is 0 Å². The van der Waals surface area contributed by atoms with Gasteiger partial charge in [-0.15, -0.1) is 0 Å². The summed E-state index contributed by atoms with van der Waals surface area (Å²) in [5.74, 6) is 0.345. The topological polar surface area (TPSA) is 54.0 Å². The molecule has 0 amide bonds. The second-order valence-electron chi connectivity index (χ2n) is 9.42. The van der Waals surface area contributed by atoms with E-state index in [2.05, 4.69) is 26.0 Å². The van der Waals surface area contributed by atoms with E-state index in [9.17, 15) is 4.79 Å². The number of esters is 1. The lowest BCUT2D eigenvalue weighted by atomic mass is 9.91. The largest absolute Gasteiger partial charge is 0.465 e. The zero-order valence-electron chi connectivity index (χ0n) is 18.6. The molecule has 0 aromatic carbocycles. The zero-order valence-corrected chi connectivity index (χ0v) is 18.6. The van der Waals surface area contributed by atoms with Crippen molar-refractivity contribution < 1.29 is 23.7 Å². The van der Waals surface area contributed by atoms with Crippen LogP contribution in [0.2, 0.25) is 0 Å². The van der Waals surface area contributed by atoms with Crippen molar-refractivity contribution in [2.75, 3.05) is 13.7 Å². The van der Waals surface area contributed by atoms with Crippen LogP contribution >= 0.6 is 0 Å². The molecule has 0 spiro atoms. The predicted molar refractivity (Wildman–Crippen MR) is 110 cm³/mol. The summed E-state index contributed by atoms with van der Waals surface area (Å²) < 4.78 is 23.1. The maximum Gasteiger partial charge on any atom is 0.311 e. The molecule has 0 aliphatic carbocycles. The number of methoxy groups -OCH3 is 1. The van der Waals surface area contributed by atoms with E-state index >= 15 is 0 Å². The van der Waals surface area contributed by atoms with E-state index in [-0.39, 0.29) is 36.5 Å². The summed E-state index contributed by atoms with van der Waals surface area (Å²) in [6, 6.07) is 0. The quantitative estimate of drug-likeness (QED) is 0.440. The van der Waals surface area contributed by atoms with Gasteiger partial charge in [-0.25, -0.2) is 0 Å². The van der Waals surface area contributed by atoms with Gasteiger partial charge in [0.05, 0.1) is 42.5 Å². The van der Waals surface area contributed by atoms with Crippen molar-refractivity contribution in [3.63, 3.8) is 0 Å². The minimum Gasteiger partial charge on any atom is -0.465 e. The molecular formula is C23H40O5. The van der Waals surface area contributed by atoms with Crippen LogP contribution in [-0.2, 0) is 23.7 Å². The number of hydrogen-bond donors (Lipinski definition) is 0. The molecule has 0 N–H and O–H groups in total. The van der Waals surface area contributed by atoms with Crippen LogP contribution in [0.25, 0.3) is 0 Å². The summed E-state index contributed by atoms with van der Waals surface area (Å²) in [5, 5.41) is 0. The molecule has 0 bridgehead atoms. The van der Waals surface area contributed by atoms with Gasteiger partial charge in [0.1, 0.15) is 0 Å². The van der Waals surface area contributed by atoms with Crippen molar-refractivity contribution in [3.8, 4) is 0 Å². The van der Waals surface area contributed by atoms with Gasteiger partial charge < -0.3 is 18.9 Å². The van der Waals surface area contributed by atoms with Gasteiger partial charge in [-0.1, -0.05) is 19.1 Å². The summed E-state index contributed by atoms with van der Waals surface area (Å²) in [6.45, 7) is 10.3. The fraction of sp³-hybridized carbons (Fsp3) is 0.870. The molecule has 5 nitrogen and oxygen atoms in total. The van der Waals surface area contributed by atoms with Gasteiger partial charge in [-0.05, 0) is 65.7 Å². The minimum atomic E-state index is -0.452. The Hall–Kier alpha value is -0.910. The van der Waals surface area contributed by atoms with Crippen LogP contribution in [-0.4, -0.2) is 50.2 Å². The lowest BCUT2D eigenvalue weighted by Gasteiger charge is -2.34. The Kier molecular flexibility index (Phi) is 8.97. The summed E-state index contributed by atoms with van der Waals surface area (Å²) in [4.78, 5) is 11.9. The van der Waals surface area contributed by atoms with Crippen molar-refractivity contribution in [2.24, 2.45) is 11.3 Å². The zero-order chi connectivity index (χ0) is 20.7. The van der Waals surface area contributed by atoms with Crippen molar-refractivity contribution in [1.29, 1.82) is 0 Å². The third kappa shape index (κ3) is 7.16. The Morgan fingerprint density at radius 2 is 1.93 bits per heavy atom. The lowest BCUT2D eigenvalue weighted by Crippen LogP contribution is -2.34. The number of carbonyl (C=O) groups excluding carboxylic acids is 1. The first kappa shape index (κ1) is 23.4. The second-order valence-corrected chi connectivity index (χ2v) is 9.42. The first-order valence-electron chi connectivity index (χ1n) is 10.9. The van der Waals surface area contributed by atoms with Gasteiger partial charge >= 0.3 is 5.97 Å². The molecule has 0 aromatic heterocycles. The number of hydrogen-bond acceptors (Lipinski definition) is 5. The molecule has 162 valence electrons. The molecule has 6 atom stereocenters. The Morgan fingerprint density at radius 3 is 2.61 bits per heavy atom. The van der Waals surface area contributed by atoms with Gasteiger partial charge in [0.25, 0.3) is 0 Å². The van der Waals surface area contributed by atoms with Crippen molar-refractivity contribution in [3.05, 3.63) is 12.2 Å². The molecule has 2 saturated heterocycles. The van der Waals surface area contributed by atoms with Gasteiger partial charge in [0.2, 0.25) is 0 Å².